The minimum absolute atomic E-state index is 0.389. The van der Waals surface area contributed by atoms with Gasteiger partial charge >= 0.3 is 0 Å². The number of halogens is 1. The maximum Gasteiger partial charge on any atom is 0.249 e. The van der Waals surface area contributed by atoms with Crippen molar-refractivity contribution in [2.45, 2.75) is 13.5 Å². The minimum atomic E-state index is -0.389. The lowest BCUT2D eigenvalue weighted by molar-refractivity contribution is 0.100. The Balaban J connectivity index is 2.08. The molecule has 3 aromatic carbocycles. The SMILES string of the molecule is Cc1ccc2c3c(C(N)=O)cccc3n(Cc3ccccc3I)c2c1. The van der Waals surface area contributed by atoms with Gasteiger partial charge in [-0.2, -0.15) is 0 Å². The molecule has 0 saturated heterocycles. The van der Waals surface area contributed by atoms with Crippen LogP contribution in [0, 0.1) is 10.5 Å². The minimum Gasteiger partial charge on any atom is -0.366 e. The van der Waals surface area contributed by atoms with Crippen molar-refractivity contribution in [3.05, 3.63) is 80.9 Å². The van der Waals surface area contributed by atoms with Gasteiger partial charge in [-0.05, 0) is 64.9 Å². The number of rotatable bonds is 3. The molecule has 25 heavy (non-hydrogen) atoms. The number of nitrogens with zero attached hydrogens (tertiary/aromatic N) is 1. The van der Waals surface area contributed by atoms with Crippen LogP contribution >= 0.6 is 22.6 Å². The van der Waals surface area contributed by atoms with E-state index in [-0.39, 0.29) is 5.91 Å². The third-order valence-electron chi connectivity index (χ3n) is 4.60. The molecule has 0 fully saturated rings. The zero-order valence-electron chi connectivity index (χ0n) is 13.8. The summed E-state index contributed by atoms with van der Waals surface area (Å²) in [5, 5.41) is 2.01. The summed E-state index contributed by atoms with van der Waals surface area (Å²) in [6.45, 7) is 2.84. The van der Waals surface area contributed by atoms with Crippen LogP contribution < -0.4 is 5.73 Å². The van der Waals surface area contributed by atoms with Crippen molar-refractivity contribution < 1.29 is 4.79 Å². The van der Waals surface area contributed by atoms with Crippen LogP contribution in [0.3, 0.4) is 0 Å². The molecule has 1 aromatic heterocycles. The normalized spacial score (nSPS) is 11.3. The van der Waals surface area contributed by atoms with E-state index in [1.54, 1.807) is 6.07 Å². The summed E-state index contributed by atoms with van der Waals surface area (Å²) >= 11 is 2.37. The molecule has 0 aliphatic rings. The number of hydrogen-bond acceptors (Lipinski definition) is 1. The number of carbonyl (C=O) groups excluding carboxylic acids is 1. The number of benzene rings is 3. The van der Waals surface area contributed by atoms with Gasteiger partial charge in [0.2, 0.25) is 5.91 Å². The second-order valence-corrected chi connectivity index (χ2v) is 7.42. The predicted molar refractivity (Wildman–Crippen MR) is 111 cm³/mol. The van der Waals surface area contributed by atoms with Crippen molar-refractivity contribution in [2.24, 2.45) is 5.73 Å². The Bertz CT molecular complexity index is 1130. The highest BCUT2D eigenvalue weighted by molar-refractivity contribution is 14.1. The van der Waals surface area contributed by atoms with Gasteiger partial charge in [0.1, 0.15) is 0 Å². The second kappa shape index (κ2) is 6.19. The predicted octanol–water partition coefficient (Wildman–Crippen LogP) is 4.85. The Hall–Kier alpha value is -2.34. The van der Waals surface area contributed by atoms with Crippen LogP contribution in [0.15, 0.2) is 60.7 Å². The van der Waals surface area contributed by atoms with Crippen LogP contribution in [-0.4, -0.2) is 10.5 Å². The second-order valence-electron chi connectivity index (χ2n) is 6.26. The first-order valence-corrected chi connectivity index (χ1v) is 9.19. The Morgan fingerprint density at radius 3 is 2.60 bits per heavy atom. The van der Waals surface area contributed by atoms with Crippen LogP contribution in [0.1, 0.15) is 21.5 Å². The smallest absolute Gasteiger partial charge is 0.249 e. The highest BCUT2D eigenvalue weighted by Crippen LogP contribution is 2.33. The van der Waals surface area contributed by atoms with Crippen molar-refractivity contribution in [3.63, 3.8) is 0 Å². The average molecular weight is 440 g/mol. The van der Waals surface area contributed by atoms with E-state index >= 15 is 0 Å². The molecular weight excluding hydrogens is 423 g/mol. The van der Waals surface area contributed by atoms with Crippen molar-refractivity contribution >= 4 is 50.3 Å². The Kier molecular flexibility index (Phi) is 4.00. The summed E-state index contributed by atoms with van der Waals surface area (Å²) in [7, 11) is 0. The fraction of sp³-hybridized carbons (Fsp3) is 0.0952. The van der Waals surface area contributed by atoms with Gasteiger partial charge in [-0.15, -0.1) is 0 Å². The molecule has 0 spiro atoms. The maximum absolute atomic E-state index is 12.0. The highest BCUT2D eigenvalue weighted by atomic mass is 127. The van der Waals surface area contributed by atoms with E-state index < -0.39 is 0 Å². The number of carbonyl (C=O) groups is 1. The van der Waals surface area contributed by atoms with Gasteiger partial charge < -0.3 is 10.3 Å². The summed E-state index contributed by atoms with van der Waals surface area (Å²) in [6.07, 6.45) is 0. The Labute approximate surface area is 159 Å². The topological polar surface area (TPSA) is 48.0 Å². The molecule has 0 saturated carbocycles. The molecule has 1 heterocycles. The van der Waals surface area contributed by atoms with E-state index in [9.17, 15) is 4.79 Å². The molecule has 1 amide bonds. The molecule has 4 rings (SSSR count). The quantitative estimate of drug-likeness (QED) is 0.455. The van der Waals surface area contributed by atoms with Gasteiger partial charge in [0.25, 0.3) is 0 Å². The number of hydrogen-bond donors (Lipinski definition) is 1. The summed E-state index contributed by atoms with van der Waals surface area (Å²) in [6, 6.07) is 20.5. The molecule has 0 atom stereocenters. The summed E-state index contributed by atoms with van der Waals surface area (Å²) < 4.78 is 3.51. The molecule has 0 bridgehead atoms. The van der Waals surface area contributed by atoms with Crippen molar-refractivity contribution in [1.29, 1.82) is 0 Å². The monoisotopic (exact) mass is 440 g/mol. The molecule has 4 heteroatoms. The molecule has 2 N–H and O–H groups in total. The summed E-state index contributed by atoms with van der Waals surface area (Å²) in [5.74, 6) is -0.389. The molecule has 0 radical (unpaired) electrons. The molecule has 0 unspecified atom stereocenters. The van der Waals surface area contributed by atoms with Crippen molar-refractivity contribution in [1.82, 2.24) is 4.57 Å². The van der Waals surface area contributed by atoms with Crippen LogP contribution in [0.4, 0.5) is 0 Å². The van der Waals surface area contributed by atoms with Gasteiger partial charge in [0.15, 0.2) is 0 Å². The van der Waals surface area contributed by atoms with Gasteiger partial charge in [-0.25, -0.2) is 0 Å². The Morgan fingerprint density at radius 1 is 1.04 bits per heavy atom. The third kappa shape index (κ3) is 2.70. The van der Waals surface area contributed by atoms with Crippen LogP contribution in [0.25, 0.3) is 21.8 Å². The van der Waals surface area contributed by atoms with Crippen molar-refractivity contribution in [2.75, 3.05) is 0 Å². The first-order valence-electron chi connectivity index (χ1n) is 8.11. The van der Waals surface area contributed by atoms with Gasteiger partial charge in [-0.3, -0.25) is 4.79 Å². The molecule has 4 aromatic rings. The third-order valence-corrected chi connectivity index (χ3v) is 5.65. The standard InChI is InChI=1S/C21H17IN2O/c1-13-9-10-15-19(11-13)24(12-14-5-2-3-7-17(14)22)18-8-4-6-16(20(15)18)21(23)25/h2-11H,12H2,1H3,(H2,23,25). The van der Waals surface area contributed by atoms with Crippen molar-refractivity contribution in [3.8, 4) is 0 Å². The number of amides is 1. The lowest BCUT2D eigenvalue weighted by atomic mass is 10.1. The summed E-state index contributed by atoms with van der Waals surface area (Å²) in [5.41, 5.74) is 10.8. The van der Waals surface area contributed by atoms with E-state index in [2.05, 4.69) is 76.5 Å². The number of primary amides is 1. The zero-order valence-corrected chi connectivity index (χ0v) is 15.9. The number of nitrogens with two attached hydrogens (primary N) is 1. The first kappa shape index (κ1) is 16.1. The van der Waals surface area contributed by atoms with Gasteiger partial charge in [0.05, 0.1) is 5.52 Å². The Morgan fingerprint density at radius 2 is 1.84 bits per heavy atom. The van der Waals surface area contributed by atoms with E-state index in [4.69, 9.17) is 5.73 Å². The average Bonchev–Trinajstić information content (AvgIpc) is 2.90. The van der Waals surface area contributed by atoms with E-state index in [0.717, 1.165) is 28.4 Å². The van der Waals surface area contributed by atoms with Gasteiger partial charge in [0, 0.05) is 32.0 Å². The first-order chi connectivity index (χ1) is 12.1. The number of aryl methyl sites for hydroxylation is 1. The lowest BCUT2D eigenvalue weighted by Crippen LogP contribution is -2.11. The van der Waals surface area contributed by atoms with E-state index in [1.807, 2.05) is 12.1 Å². The molecular formula is C21H17IN2O. The molecule has 3 nitrogen and oxygen atoms in total. The lowest BCUT2D eigenvalue weighted by Gasteiger charge is -2.10. The zero-order chi connectivity index (χ0) is 17.6. The van der Waals surface area contributed by atoms with Crippen LogP contribution in [0.5, 0.6) is 0 Å². The highest BCUT2D eigenvalue weighted by Gasteiger charge is 2.17. The molecule has 0 aliphatic heterocycles. The summed E-state index contributed by atoms with van der Waals surface area (Å²) in [4.78, 5) is 12.0. The van der Waals surface area contributed by atoms with Gasteiger partial charge in [-0.1, -0.05) is 36.4 Å². The molecule has 0 aliphatic carbocycles. The number of fused-ring (bicyclic) bond motifs is 3. The largest absolute Gasteiger partial charge is 0.366 e. The fourth-order valence-corrected chi connectivity index (χ4v) is 3.98. The van der Waals surface area contributed by atoms with Crippen LogP contribution in [0.2, 0.25) is 0 Å². The maximum atomic E-state index is 12.0. The van der Waals surface area contributed by atoms with E-state index in [0.29, 0.717) is 5.56 Å². The molecule has 124 valence electrons. The van der Waals surface area contributed by atoms with E-state index in [1.165, 1.54) is 14.7 Å². The number of aromatic nitrogens is 1. The van der Waals surface area contributed by atoms with Crippen LogP contribution in [-0.2, 0) is 6.54 Å². The fourth-order valence-electron chi connectivity index (χ4n) is 3.43.